The molecule has 12 aromatic heterocycles. The van der Waals surface area contributed by atoms with Crippen LogP contribution in [0.15, 0.2) is 433 Å². The van der Waals surface area contributed by atoms with E-state index in [0.717, 1.165) is 116 Å². The predicted molar refractivity (Wildman–Crippen MR) is 569 cm³/mol. The molecule has 0 N–H and O–H groups in total. The molecule has 0 saturated heterocycles. The van der Waals surface area contributed by atoms with Gasteiger partial charge < -0.3 is 0 Å². The molecule has 0 unspecified atom stereocenters. The molecule has 0 spiro atoms. The van der Waals surface area contributed by atoms with Crippen molar-refractivity contribution in [1.29, 1.82) is 0 Å². The summed E-state index contributed by atoms with van der Waals surface area (Å²) in [5.74, 6) is 2.24. The molecule has 12 nitrogen and oxygen atoms in total. The van der Waals surface area contributed by atoms with E-state index in [0.29, 0.717) is 16.2 Å². The first-order valence-electron chi connectivity index (χ1n) is 45.1. The Morgan fingerprint density at radius 2 is 0.407 bits per heavy atom. The quantitative estimate of drug-likeness (QED) is 0.153. The van der Waals surface area contributed by atoms with Crippen LogP contribution in [0, 0.1) is 0 Å². The van der Waals surface area contributed by atoms with E-state index in [9.17, 15) is 14.4 Å². The average molecular weight is 1780 g/mol. The number of hydrogen-bond acceptors (Lipinski definition) is 9. The Balaban J connectivity index is 0.000000101. The number of rotatable bonds is 6. The van der Waals surface area contributed by atoms with Crippen LogP contribution in [-0.2, 0) is 0 Å². The van der Waals surface area contributed by atoms with Gasteiger partial charge in [-0.05, 0) is 141 Å². The van der Waals surface area contributed by atoms with Crippen LogP contribution in [0.5, 0.6) is 0 Å². The number of thiophene rings is 3. The van der Waals surface area contributed by atoms with Crippen LogP contribution in [0.3, 0.4) is 0 Å². The molecule has 0 saturated carbocycles. The number of fused-ring (bicyclic) bond motifs is 39. The summed E-state index contributed by atoms with van der Waals surface area (Å²) in [7, 11) is 0. The highest BCUT2D eigenvalue weighted by atomic mass is 32.1. The Kier molecular flexibility index (Phi) is 16.9. The van der Waals surface area contributed by atoms with Crippen molar-refractivity contribution in [3.05, 3.63) is 450 Å². The SMILES string of the molecule is O=c1c2cc(-n3c4ccccc4c4c5ccccc5c5c6ccccc6sc5c43)ncc2c2ccccc2n1-c1ccccc1.O=c1c2cc(-n3c4ccccc4c4c5ccccc5c5c6ccccc6sc5c43)ncc2c2ccccc2n1-c1ccccc1.O=c1c2ccccc2c2cnc(-n3c4ccccc4c4c5ccccc5c5c6ccccc6sc5c43)cc2n1-c1ccccc1. The molecule has 0 aliphatic carbocycles. The van der Waals surface area contributed by atoms with Crippen LogP contribution < -0.4 is 16.7 Å². The zero-order valence-corrected chi connectivity index (χ0v) is 74.3. The highest BCUT2D eigenvalue weighted by molar-refractivity contribution is 7.28. The summed E-state index contributed by atoms with van der Waals surface area (Å²) in [6.07, 6.45) is 5.71. The minimum Gasteiger partial charge on any atom is -0.292 e. The summed E-state index contributed by atoms with van der Waals surface area (Å²) in [4.78, 5) is 58.3. The van der Waals surface area contributed by atoms with Gasteiger partial charge in [0.2, 0.25) is 0 Å². The van der Waals surface area contributed by atoms with Crippen molar-refractivity contribution in [3.63, 3.8) is 0 Å². The molecule has 0 bridgehead atoms. The van der Waals surface area contributed by atoms with Gasteiger partial charge in [-0.25, -0.2) is 15.0 Å². The molecule has 135 heavy (non-hydrogen) atoms. The molecule has 0 aliphatic rings. The van der Waals surface area contributed by atoms with Gasteiger partial charge in [0, 0.05) is 153 Å². The van der Waals surface area contributed by atoms with Crippen molar-refractivity contribution in [1.82, 2.24) is 42.4 Å². The van der Waals surface area contributed by atoms with Crippen LogP contribution in [0.25, 0.3) is 258 Å². The lowest BCUT2D eigenvalue weighted by Crippen LogP contribution is -2.19. The van der Waals surface area contributed by atoms with Crippen molar-refractivity contribution in [2.45, 2.75) is 0 Å². The molecule has 0 amide bonds. The third-order valence-electron chi connectivity index (χ3n) is 27.5. The van der Waals surface area contributed by atoms with E-state index in [4.69, 9.17) is 15.0 Å². The Hall–Kier alpha value is -17.3. The molecular formula is C120H69N9O3S3. The molecule has 0 atom stereocenters. The molecule has 30 aromatic rings. The van der Waals surface area contributed by atoms with E-state index in [-0.39, 0.29) is 16.7 Å². The molecule has 0 aliphatic heterocycles. The number of pyridine rings is 6. The summed E-state index contributed by atoms with van der Waals surface area (Å²) in [6, 6.07) is 138. The monoisotopic (exact) mass is 1780 g/mol. The lowest BCUT2D eigenvalue weighted by molar-refractivity contribution is 1.04. The van der Waals surface area contributed by atoms with Crippen LogP contribution in [0.4, 0.5) is 0 Å². The zero-order valence-electron chi connectivity index (χ0n) is 71.8. The predicted octanol–water partition coefficient (Wildman–Crippen LogP) is 30.5. The van der Waals surface area contributed by atoms with Gasteiger partial charge in [-0.2, -0.15) is 0 Å². The Morgan fingerprint density at radius 3 is 0.748 bits per heavy atom. The van der Waals surface area contributed by atoms with E-state index in [1.807, 2.05) is 230 Å². The highest BCUT2D eigenvalue weighted by Crippen LogP contribution is 2.53. The summed E-state index contributed by atoms with van der Waals surface area (Å²) in [5, 5.41) is 29.7. The van der Waals surface area contributed by atoms with Gasteiger partial charge >= 0.3 is 0 Å². The molecule has 15 heteroatoms. The van der Waals surface area contributed by atoms with Gasteiger partial charge in [0.25, 0.3) is 16.7 Å². The second-order valence-electron chi connectivity index (χ2n) is 34.5. The van der Waals surface area contributed by atoms with Crippen molar-refractivity contribution in [3.8, 4) is 34.5 Å². The van der Waals surface area contributed by atoms with E-state index < -0.39 is 0 Å². The summed E-state index contributed by atoms with van der Waals surface area (Å²) < 4.78 is 19.8. The zero-order chi connectivity index (χ0) is 88.9. The molecule has 0 radical (unpaired) electrons. The second kappa shape index (κ2) is 29.8. The van der Waals surface area contributed by atoms with Crippen molar-refractivity contribution >= 4 is 257 Å². The van der Waals surface area contributed by atoms with E-state index >= 15 is 0 Å². The van der Waals surface area contributed by atoms with Crippen molar-refractivity contribution in [2.75, 3.05) is 0 Å². The van der Waals surface area contributed by atoms with Crippen molar-refractivity contribution < 1.29 is 0 Å². The number of aromatic nitrogens is 9. The molecule has 30 rings (SSSR count). The highest BCUT2D eigenvalue weighted by Gasteiger charge is 2.29. The maximum atomic E-state index is 14.4. The first-order valence-corrected chi connectivity index (χ1v) is 47.5. The third kappa shape index (κ3) is 11.2. The lowest BCUT2D eigenvalue weighted by Gasteiger charge is -2.15. The van der Waals surface area contributed by atoms with Crippen LogP contribution in [-0.4, -0.2) is 42.4 Å². The fraction of sp³-hybridized carbons (Fsp3) is 0. The van der Waals surface area contributed by atoms with E-state index in [1.165, 1.54) is 125 Å². The van der Waals surface area contributed by atoms with Gasteiger partial charge in [0.05, 0.1) is 74.5 Å². The topological polar surface area (TPSA) is 119 Å². The van der Waals surface area contributed by atoms with E-state index in [2.05, 4.69) is 250 Å². The van der Waals surface area contributed by atoms with Crippen molar-refractivity contribution in [2.24, 2.45) is 0 Å². The van der Waals surface area contributed by atoms with Crippen LogP contribution in [0.1, 0.15) is 0 Å². The molecule has 0 fully saturated rings. The maximum Gasteiger partial charge on any atom is 0.263 e. The Labute approximate surface area is 778 Å². The molecule has 12 heterocycles. The third-order valence-corrected chi connectivity index (χ3v) is 31.0. The normalized spacial score (nSPS) is 12.1. The van der Waals surface area contributed by atoms with Gasteiger partial charge in [-0.1, -0.05) is 291 Å². The number of benzene rings is 18. The smallest absolute Gasteiger partial charge is 0.263 e. The maximum absolute atomic E-state index is 14.4. The minimum absolute atomic E-state index is 0.0402. The fourth-order valence-corrected chi connectivity index (χ4v) is 25.6. The number of para-hydroxylation sites is 8. The van der Waals surface area contributed by atoms with Gasteiger partial charge in [0.15, 0.2) is 0 Å². The van der Waals surface area contributed by atoms with Gasteiger partial charge in [-0.3, -0.25) is 41.8 Å². The number of nitrogens with zero attached hydrogens (tertiary/aromatic N) is 9. The van der Waals surface area contributed by atoms with Crippen LogP contribution in [0.2, 0.25) is 0 Å². The standard InChI is InChI=1S/3C40H23N3OS/c44-40-28-17-7-4-14-25(28)31-23-41-35(22-33(31)42(40)24-12-2-1-3-13-24)43-32-20-10-8-18-29(32)36-26-15-5-6-16-27(26)37-30-19-9-11-21-34(30)45-39(37)38(36)43;2*44-40-30-22-35(41-23-31(30)25-14-6-9-19-32(25)42(40)24-12-2-1-3-13-24)43-33-20-10-7-17-28(33)36-26-15-4-5-16-27(26)37-29-18-8-11-21-34(29)45-39(37)38(36)43/h3*1-23H. The molecular weight excluding hydrogens is 1710 g/mol. The second-order valence-corrected chi connectivity index (χ2v) is 37.7. The first kappa shape index (κ1) is 76.5. The molecule has 18 aromatic carbocycles. The summed E-state index contributed by atoms with van der Waals surface area (Å²) in [5.41, 5.74) is 11.5. The number of hydrogen-bond donors (Lipinski definition) is 0. The summed E-state index contributed by atoms with van der Waals surface area (Å²) in [6.45, 7) is 0. The Bertz CT molecular complexity index is 10200. The molecule has 630 valence electrons. The van der Waals surface area contributed by atoms with E-state index in [1.54, 1.807) is 0 Å². The fourth-order valence-electron chi connectivity index (χ4n) is 21.8. The van der Waals surface area contributed by atoms with Crippen LogP contribution >= 0.6 is 34.0 Å². The largest absolute Gasteiger partial charge is 0.292 e. The lowest BCUT2D eigenvalue weighted by atomic mass is 9.99. The van der Waals surface area contributed by atoms with Gasteiger partial charge in [-0.15, -0.1) is 34.0 Å². The minimum atomic E-state index is -0.0585. The Morgan fingerprint density at radius 1 is 0.170 bits per heavy atom. The van der Waals surface area contributed by atoms with Gasteiger partial charge in [0.1, 0.15) is 17.5 Å². The average Bonchev–Trinajstić information content (AvgIpc) is 1.53. The summed E-state index contributed by atoms with van der Waals surface area (Å²) >= 11 is 5.48. The first-order chi connectivity index (χ1) is 66.8.